The summed E-state index contributed by atoms with van der Waals surface area (Å²) < 4.78 is 43.9. The van der Waals surface area contributed by atoms with Crippen LogP contribution in [0.1, 0.15) is 49.3 Å². The molecule has 0 aliphatic carbocycles. The topological polar surface area (TPSA) is 68.3 Å². The lowest BCUT2D eigenvalue weighted by atomic mass is 10.3. The molecule has 0 spiro atoms. The summed E-state index contributed by atoms with van der Waals surface area (Å²) in [6.07, 6.45) is 3.64. The van der Waals surface area contributed by atoms with E-state index in [2.05, 4.69) is 23.7 Å². The highest BCUT2D eigenvalue weighted by molar-refractivity contribution is 8.15. The summed E-state index contributed by atoms with van der Waals surface area (Å²) in [5.74, 6) is 11.6. The zero-order chi connectivity index (χ0) is 21.2. The Morgan fingerprint density at radius 1 is 0.750 bits per heavy atom. The van der Waals surface area contributed by atoms with E-state index in [4.69, 9.17) is 21.4 Å². The van der Waals surface area contributed by atoms with E-state index in [1.165, 1.54) is 12.1 Å². The Kier molecular flexibility index (Phi) is 10.6. The Morgan fingerprint density at radius 2 is 1.11 bits per heavy atom. The van der Waals surface area contributed by atoms with Crippen LogP contribution >= 0.6 is 44.0 Å². The highest BCUT2D eigenvalue weighted by Crippen LogP contribution is 2.24. The highest BCUT2D eigenvalue weighted by Gasteiger charge is 2.12. The van der Waals surface area contributed by atoms with Crippen LogP contribution in [0, 0.1) is 23.7 Å². The molecule has 0 radical (unpaired) electrons. The van der Waals surface area contributed by atoms with Crippen molar-refractivity contribution in [3.63, 3.8) is 0 Å². The fourth-order valence-electron chi connectivity index (χ4n) is 1.59. The number of unbranched alkanes of at least 4 members (excludes halogenated alkanes) is 2. The third kappa shape index (κ3) is 9.47. The summed E-state index contributed by atoms with van der Waals surface area (Å²) in [6, 6.07) is 6.29. The van der Waals surface area contributed by atoms with Gasteiger partial charge in [0.1, 0.15) is 8.42 Å². The van der Waals surface area contributed by atoms with Crippen molar-refractivity contribution in [2.75, 3.05) is 0 Å². The zero-order valence-electron chi connectivity index (χ0n) is 15.2. The molecular weight excluding hydrogens is 479 g/mol. The van der Waals surface area contributed by atoms with Gasteiger partial charge in [-0.3, -0.25) is 0 Å². The van der Waals surface area contributed by atoms with Gasteiger partial charge in [-0.05, 0) is 37.1 Å². The van der Waals surface area contributed by atoms with Crippen LogP contribution in [-0.4, -0.2) is 16.8 Å². The van der Waals surface area contributed by atoms with Gasteiger partial charge in [-0.2, -0.15) is 0 Å². The largest absolute Gasteiger partial charge is 0.270 e. The van der Waals surface area contributed by atoms with E-state index >= 15 is 0 Å². The van der Waals surface area contributed by atoms with Gasteiger partial charge in [-0.1, -0.05) is 37.5 Å². The van der Waals surface area contributed by atoms with E-state index < -0.39 is 18.1 Å². The second kappa shape index (κ2) is 11.9. The number of thiophene rings is 2. The lowest BCUT2D eigenvalue weighted by Gasteiger charge is -1.84. The van der Waals surface area contributed by atoms with Crippen LogP contribution in [-0.2, 0) is 18.1 Å². The maximum Gasteiger partial charge on any atom is 0.270 e. The molecule has 2 rings (SSSR count). The first kappa shape index (κ1) is 25.0. The second-order valence-corrected chi connectivity index (χ2v) is 13.0. The summed E-state index contributed by atoms with van der Waals surface area (Å²) in [5, 5.41) is 0. The summed E-state index contributed by atoms with van der Waals surface area (Å²) >= 11 is 2.19. The molecule has 0 unspecified atom stereocenters. The predicted molar refractivity (Wildman–Crippen MR) is 118 cm³/mol. The molecule has 0 atom stereocenters. The first-order chi connectivity index (χ1) is 13.1. The molecule has 28 heavy (non-hydrogen) atoms. The van der Waals surface area contributed by atoms with E-state index in [0.717, 1.165) is 58.1 Å². The number of hydrogen-bond donors (Lipinski definition) is 0. The SMILES string of the molecule is CCCC#Cc1ccc(S(=O)(=O)Cl)s1.CCCC#Cc1ccc(S(=O)(=O)Cl)s1. The fourth-order valence-corrected chi connectivity index (χ4v) is 5.48. The van der Waals surface area contributed by atoms with Gasteiger partial charge in [0.2, 0.25) is 0 Å². The van der Waals surface area contributed by atoms with E-state index in [1.54, 1.807) is 12.1 Å². The van der Waals surface area contributed by atoms with Crippen molar-refractivity contribution in [3.8, 4) is 23.7 Å². The average Bonchev–Trinajstić information content (AvgIpc) is 3.24. The van der Waals surface area contributed by atoms with Crippen LogP contribution in [0.4, 0.5) is 0 Å². The molecule has 2 heterocycles. The second-order valence-electron chi connectivity index (χ2n) is 5.22. The average molecular weight is 498 g/mol. The van der Waals surface area contributed by atoms with E-state index in [9.17, 15) is 16.8 Å². The molecule has 2 aromatic rings. The van der Waals surface area contributed by atoms with Crippen molar-refractivity contribution in [2.24, 2.45) is 0 Å². The van der Waals surface area contributed by atoms with Crippen LogP contribution in [0.25, 0.3) is 0 Å². The first-order valence-electron chi connectivity index (χ1n) is 8.14. The Morgan fingerprint density at radius 3 is 1.36 bits per heavy atom. The third-order valence-electron chi connectivity index (χ3n) is 2.82. The molecule has 0 bridgehead atoms. The van der Waals surface area contributed by atoms with Gasteiger partial charge in [0.15, 0.2) is 0 Å². The maximum atomic E-state index is 10.9. The Labute approximate surface area is 183 Å². The van der Waals surface area contributed by atoms with Gasteiger partial charge in [0.05, 0.1) is 9.75 Å². The molecule has 0 N–H and O–H groups in total. The fraction of sp³-hybridized carbons (Fsp3) is 0.333. The molecule has 0 amide bonds. The molecule has 0 saturated carbocycles. The molecule has 0 aliphatic heterocycles. The molecule has 2 aromatic heterocycles. The lowest BCUT2D eigenvalue weighted by molar-refractivity contribution is 0.609. The van der Waals surface area contributed by atoms with Crippen molar-refractivity contribution in [3.05, 3.63) is 34.0 Å². The monoisotopic (exact) mass is 496 g/mol. The standard InChI is InChI=1S/2C9H9ClO2S2/c2*1-2-3-4-5-8-6-7-9(13-8)14(10,11)12/h2*6-7H,2-3H2,1H3. The van der Waals surface area contributed by atoms with E-state index in [0.29, 0.717) is 0 Å². The van der Waals surface area contributed by atoms with Crippen molar-refractivity contribution in [2.45, 2.75) is 47.9 Å². The molecule has 0 aromatic carbocycles. The number of rotatable bonds is 4. The van der Waals surface area contributed by atoms with E-state index in [1.807, 2.05) is 13.8 Å². The van der Waals surface area contributed by atoms with Crippen molar-refractivity contribution >= 4 is 62.1 Å². The Balaban J connectivity index is 0.000000280. The van der Waals surface area contributed by atoms with Gasteiger partial charge in [0.25, 0.3) is 18.1 Å². The minimum atomic E-state index is -3.59. The van der Waals surface area contributed by atoms with E-state index in [-0.39, 0.29) is 8.42 Å². The Hall–Kier alpha value is -1.000. The van der Waals surface area contributed by atoms with Crippen molar-refractivity contribution < 1.29 is 16.8 Å². The van der Waals surface area contributed by atoms with Crippen molar-refractivity contribution in [1.29, 1.82) is 0 Å². The molecule has 0 aliphatic rings. The van der Waals surface area contributed by atoms with Crippen LogP contribution in [0.2, 0.25) is 0 Å². The molecule has 0 fully saturated rings. The highest BCUT2D eigenvalue weighted by atomic mass is 35.7. The van der Waals surface area contributed by atoms with Gasteiger partial charge in [0, 0.05) is 34.2 Å². The molecule has 4 nitrogen and oxygen atoms in total. The minimum Gasteiger partial charge on any atom is -0.206 e. The zero-order valence-corrected chi connectivity index (χ0v) is 19.9. The maximum absolute atomic E-state index is 10.9. The Bertz CT molecular complexity index is 1020. The lowest BCUT2D eigenvalue weighted by Crippen LogP contribution is -1.83. The van der Waals surface area contributed by atoms with Gasteiger partial charge in [-0.25, -0.2) is 16.8 Å². The summed E-state index contributed by atoms with van der Waals surface area (Å²) in [5.41, 5.74) is 0. The third-order valence-corrected chi connectivity index (χ3v) is 9.00. The van der Waals surface area contributed by atoms with Crippen molar-refractivity contribution in [1.82, 2.24) is 0 Å². The summed E-state index contributed by atoms with van der Waals surface area (Å²) in [7, 11) is 3.16. The molecule has 152 valence electrons. The van der Waals surface area contributed by atoms with Gasteiger partial charge in [-0.15, -0.1) is 22.7 Å². The van der Waals surface area contributed by atoms with Gasteiger partial charge >= 0.3 is 0 Å². The number of hydrogen-bond acceptors (Lipinski definition) is 6. The van der Waals surface area contributed by atoms with Crippen LogP contribution < -0.4 is 0 Å². The van der Waals surface area contributed by atoms with Gasteiger partial charge < -0.3 is 0 Å². The van der Waals surface area contributed by atoms with Crippen LogP contribution in [0.15, 0.2) is 32.7 Å². The van der Waals surface area contributed by atoms with Crippen LogP contribution in [0.5, 0.6) is 0 Å². The predicted octanol–water partition coefficient (Wildman–Crippen LogP) is 5.65. The summed E-state index contributed by atoms with van der Waals surface area (Å²) in [4.78, 5) is 1.47. The van der Waals surface area contributed by atoms with Crippen LogP contribution in [0.3, 0.4) is 0 Å². The molecule has 10 heteroatoms. The minimum absolute atomic E-state index is 0.153. The molecular formula is C18H18Cl2O4S4. The smallest absolute Gasteiger partial charge is 0.206 e. The quantitative estimate of drug-likeness (QED) is 0.404. The summed E-state index contributed by atoms with van der Waals surface area (Å²) in [6.45, 7) is 4.08. The number of halogens is 2. The first-order valence-corrected chi connectivity index (χ1v) is 14.4. The molecule has 0 saturated heterocycles. The normalized spacial score (nSPS) is 10.7.